The maximum atomic E-state index is 12.5. The number of cyclic esters (lactones) is 1. The molecular formula is C17H28N4O5. The van der Waals surface area contributed by atoms with E-state index in [1.807, 2.05) is 11.8 Å². The standard InChI is InChI=1S/C17H28N4O5/c1-2-25-16(23)19-8-6-18(7-9-19)14-4-3-5-20(12-14)15(22)13-21-10-11-26-17(21)24/h14H,2-13H2,1H3/t14-/m1/s1. The van der Waals surface area contributed by atoms with Crippen molar-refractivity contribution in [3.05, 3.63) is 0 Å². The fourth-order valence-corrected chi connectivity index (χ4v) is 3.80. The van der Waals surface area contributed by atoms with Gasteiger partial charge in [-0.3, -0.25) is 14.6 Å². The lowest BCUT2D eigenvalue weighted by Crippen LogP contribution is -2.57. The van der Waals surface area contributed by atoms with Crippen molar-refractivity contribution in [3.63, 3.8) is 0 Å². The number of hydrogen-bond donors (Lipinski definition) is 0. The van der Waals surface area contributed by atoms with Gasteiger partial charge in [-0.05, 0) is 19.8 Å². The van der Waals surface area contributed by atoms with Gasteiger partial charge in [0.1, 0.15) is 13.2 Å². The molecular weight excluding hydrogens is 340 g/mol. The molecule has 3 fully saturated rings. The van der Waals surface area contributed by atoms with E-state index in [0.717, 1.165) is 32.5 Å². The first-order chi connectivity index (χ1) is 12.6. The van der Waals surface area contributed by atoms with E-state index in [9.17, 15) is 14.4 Å². The molecule has 3 amide bonds. The second kappa shape index (κ2) is 8.57. The topological polar surface area (TPSA) is 82.6 Å². The SMILES string of the molecule is CCOC(=O)N1CCN([C@@H]2CCCN(C(=O)CN3CCOC3=O)C2)CC1. The van der Waals surface area contributed by atoms with Crippen LogP contribution in [-0.2, 0) is 14.3 Å². The number of nitrogens with zero attached hydrogens (tertiary/aromatic N) is 4. The molecule has 3 aliphatic heterocycles. The van der Waals surface area contributed by atoms with Gasteiger partial charge in [0.2, 0.25) is 5.91 Å². The maximum Gasteiger partial charge on any atom is 0.410 e. The van der Waals surface area contributed by atoms with Crippen molar-refractivity contribution < 1.29 is 23.9 Å². The molecule has 9 nitrogen and oxygen atoms in total. The average molecular weight is 368 g/mol. The van der Waals surface area contributed by atoms with Crippen molar-refractivity contribution in [2.45, 2.75) is 25.8 Å². The molecule has 0 aromatic rings. The van der Waals surface area contributed by atoms with Gasteiger partial charge in [-0.2, -0.15) is 0 Å². The van der Waals surface area contributed by atoms with Crippen molar-refractivity contribution in [3.8, 4) is 0 Å². The normalized spacial score (nSPS) is 24.6. The number of piperidine rings is 1. The largest absolute Gasteiger partial charge is 0.450 e. The Bertz CT molecular complexity index is 535. The van der Waals surface area contributed by atoms with Gasteiger partial charge in [0.15, 0.2) is 0 Å². The van der Waals surface area contributed by atoms with Crippen LogP contribution in [0.2, 0.25) is 0 Å². The number of ether oxygens (including phenoxy) is 2. The van der Waals surface area contributed by atoms with Crippen molar-refractivity contribution in [2.24, 2.45) is 0 Å². The van der Waals surface area contributed by atoms with Crippen LogP contribution in [0.1, 0.15) is 19.8 Å². The summed E-state index contributed by atoms with van der Waals surface area (Å²) in [5.74, 6) is -0.0151. The number of carbonyl (C=O) groups excluding carboxylic acids is 3. The molecule has 3 aliphatic rings. The lowest BCUT2D eigenvalue weighted by molar-refractivity contribution is -0.134. The van der Waals surface area contributed by atoms with Crippen LogP contribution in [0.4, 0.5) is 9.59 Å². The molecule has 0 aromatic carbocycles. The Balaban J connectivity index is 1.47. The van der Waals surface area contributed by atoms with Crippen molar-refractivity contribution >= 4 is 18.1 Å². The lowest BCUT2D eigenvalue weighted by atomic mass is 10.0. The number of likely N-dealkylation sites (tertiary alicyclic amines) is 1. The highest BCUT2D eigenvalue weighted by atomic mass is 16.6. The van der Waals surface area contributed by atoms with E-state index in [1.165, 1.54) is 4.90 Å². The van der Waals surface area contributed by atoms with Gasteiger partial charge in [-0.1, -0.05) is 0 Å². The highest BCUT2D eigenvalue weighted by Gasteiger charge is 2.33. The number of amides is 3. The van der Waals surface area contributed by atoms with Gasteiger partial charge < -0.3 is 19.3 Å². The minimum Gasteiger partial charge on any atom is -0.450 e. The minimum absolute atomic E-state index is 0.0151. The van der Waals surface area contributed by atoms with E-state index in [1.54, 1.807) is 4.90 Å². The fourth-order valence-electron chi connectivity index (χ4n) is 3.80. The van der Waals surface area contributed by atoms with Crippen LogP contribution in [0.15, 0.2) is 0 Å². The molecule has 0 radical (unpaired) electrons. The van der Waals surface area contributed by atoms with Crippen LogP contribution in [-0.4, -0.2) is 109 Å². The van der Waals surface area contributed by atoms with E-state index in [2.05, 4.69) is 4.90 Å². The van der Waals surface area contributed by atoms with Crippen molar-refractivity contribution in [1.82, 2.24) is 19.6 Å². The molecule has 3 rings (SSSR count). The molecule has 0 unspecified atom stereocenters. The molecule has 1 atom stereocenters. The Kier molecular flexibility index (Phi) is 6.18. The number of rotatable bonds is 4. The Morgan fingerprint density at radius 3 is 2.54 bits per heavy atom. The first-order valence-corrected chi connectivity index (χ1v) is 9.43. The summed E-state index contributed by atoms with van der Waals surface area (Å²) in [7, 11) is 0. The molecule has 0 N–H and O–H groups in total. The summed E-state index contributed by atoms with van der Waals surface area (Å²) in [5, 5.41) is 0. The molecule has 9 heteroatoms. The number of carbonyl (C=O) groups is 3. The third-order valence-corrected chi connectivity index (χ3v) is 5.28. The molecule has 146 valence electrons. The number of piperazine rings is 1. The van der Waals surface area contributed by atoms with Gasteiger partial charge in [-0.15, -0.1) is 0 Å². The third-order valence-electron chi connectivity index (χ3n) is 5.28. The zero-order valence-corrected chi connectivity index (χ0v) is 15.4. The summed E-state index contributed by atoms with van der Waals surface area (Å²) in [5.41, 5.74) is 0. The Morgan fingerprint density at radius 1 is 1.12 bits per heavy atom. The van der Waals surface area contributed by atoms with Crippen molar-refractivity contribution in [2.75, 3.05) is 65.6 Å². The van der Waals surface area contributed by atoms with E-state index in [0.29, 0.717) is 45.4 Å². The van der Waals surface area contributed by atoms with Gasteiger partial charge in [0.05, 0.1) is 13.2 Å². The van der Waals surface area contributed by atoms with Gasteiger partial charge >= 0.3 is 12.2 Å². The zero-order valence-electron chi connectivity index (χ0n) is 15.4. The average Bonchev–Trinajstić information content (AvgIpc) is 3.07. The zero-order chi connectivity index (χ0) is 18.5. The van der Waals surface area contributed by atoms with Crippen molar-refractivity contribution in [1.29, 1.82) is 0 Å². The van der Waals surface area contributed by atoms with Crippen LogP contribution >= 0.6 is 0 Å². The number of hydrogen-bond acceptors (Lipinski definition) is 6. The Morgan fingerprint density at radius 2 is 1.88 bits per heavy atom. The first-order valence-electron chi connectivity index (χ1n) is 9.43. The first kappa shape index (κ1) is 18.8. The molecule has 3 heterocycles. The maximum absolute atomic E-state index is 12.5. The fraction of sp³-hybridized carbons (Fsp3) is 0.824. The Hall–Kier alpha value is -2.03. The van der Waals surface area contributed by atoms with Gasteiger partial charge in [0, 0.05) is 45.3 Å². The molecule has 0 spiro atoms. The Labute approximate surface area is 153 Å². The lowest BCUT2D eigenvalue weighted by Gasteiger charge is -2.43. The summed E-state index contributed by atoms with van der Waals surface area (Å²) in [4.78, 5) is 43.3. The molecule has 0 aliphatic carbocycles. The summed E-state index contributed by atoms with van der Waals surface area (Å²) >= 11 is 0. The highest BCUT2D eigenvalue weighted by molar-refractivity contribution is 5.83. The van der Waals surface area contributed by atoms with Gasteiger partial charge in [0.25, 0.3) is 0 Å². The van der Waals surface area contributed by atoms with Crippen LogP contribution in [0.5, 0.6) is 0 Å². The quantitative estimate of drug-likeness (QED) is 0.705. The summed E-state index contributed by atoms with van der Waals surface area (Å²) in [6, 6.07) is 0.308. The molecule has 0 aromatic heterocycles. The molecule has 3 saturated heterocycles. The van der Waals surface area contributed by atoms with E-state index < -0.39 is 6.09 Å². The summed E-state index contributed by atoms with van der Waals surface area (Å²) in [6.45, 7) is 7.47. The van der Waals surface area contributed by atoms with E-state index in [4.69, 9.17) is 9.47 Å². The molecule has 26 heavy (non-hydrogen) atoms. The minimum atomic E-state index is -0.401. The van der Waals surface area contributed by atoms with Crippen LogP contribution in [0.3, 0.4) is 0 Å². The summed E-state index contributed by atoms with van der Waals surface area (Å²) < 4.78 is 9.94. The van der Waals surface area contributed by atoms with Crippen LogP contribution in [0.25, 0.3) is 0 Å². The molecule has 0 bridgehead atoms. The second-order valence-corrected chi connectivity index (χ2v) is 6.89. The van der Waals surface area contributed by atoms with Crippen LogP contribution in [0, 0.1) is 0 Å². The monoisotopic (exact) mass is 368 g/mol. The van der Waals surface area contributed by atoms with Gasteiger partial charge in [-0.25, -0.2) is 9.59 Å². The van der Waals surface area contributed by atoms with Crippen LogP contribution < -0.4 is 0 Å². The predicted octanol–water partition coefficient (Wildman–Crippen LogP) is 0.204. The third kappa shape index (κ3) is 4.38. The van der Waals surface area contributed by atoms with E-state index >= 15 is 0 Å². The smallest absolute Gasteiger partial charge is 0.410 e. The van der Waals surface area contributed by atoms with E-state index in [-0.39, 0.29) is 18.5 Å². The predicted molar refractivity (Wildman–Crippen MR) is 92.7 cm³/mol. The molecule has 0 saturated carbocycles. The highest BCUT2D eigenvalue weighted by Crippen LogP contribution is 2.19. The second-order valence-electron chi connectivity index (χ2n) is 6.89. The summed E-state index contributed by atoms with van der Waals surface area (Å²) in [6.07, 6.45) is 1.36.